The van der Waals surface area contributed by atoms with E-state index in [0.717, 1.165) is 51.1 Å². The molecule has 0 spiro atoms. The molecule has 0 bridgehead atoms. The fourth-order valence-electron chi connectivity index (χ4n) is 5.70. The Labute approximate surface area is 251 Å². The number of anilines is 1. The molecule has 5 nitrogen and oxygen atoms in total. The van der Waals surface area contributed by atoms with Crippen LogP contribution in [0.3, 0.4) is 0 Å². The number of halogens is 1. The number of nitrogens with zero attached hydrogens (tertiary/aromatic N) is 3. The standard InChI is InChI=1S/C34H31ClN4OS/c1-21-12-13-25(35)20-30(21)38-23(3)19-28(24(38)4)33-32(29-10-7-8-18-36-29)37-34(41)39(33)26-14-16-27(17-15-26)40-31-11-6-5-9-22(31)2/h5-20,32-33H,1-4H3,(H,37,41)/t32-,33-/m1/s1. The number of aryl methyl sites for hydroxylation is 3. The first-order valence-electron chi connectivity index (χ1n) is 13.6. The van der Waals surface area contributed by atoms with E-state index in [4.69, 9.17) is 33.5 Å². The minimum Gasteiger partial charge on any atom is -0.457 e. The first-order valence-corrected chi connectivity index (χ1v) is 14.4. The molecule has 0 radical (unpaired) electrons. The SMILES string of the molecule is Cc1ccccc1Oc1ccc(N2C(=S)N[C@H](c3ccccn3)[C@H]2c2cc(C)n(-c3cc(Cl)ccc3C)c2C)cc1. The second kappa shape index (κ2) is 11.0. The normalized spacial score (nSPS) is 16.6. The van der Waals surface area contributed by atoms with Crippen molar-refractivity contribution in [3.63, 3.8) is 0 Å². The lowest BCUT2D eigenvalue weighted by atomic mass is 9.96. The number of pyridine rings is 1. The summed E-state index contributed by atoms with van der Waals surface area (Å²) in [6, 6.07) is 30.2. The summed E-state index contributed by atoms with van der Waals surface area (Å²) < 4.78 is 8.45. The Morgan fingerprint density at radius 1 is 0.854 bits per heavy atom. The third kappa shape index (κ3) is 5.09. The molecule has 5 aromatic rings. The predicted molar refractivity (Wildman–Crippen MR) is 171 cm³/mol. The zero-order valence-corrected chi connectivity index (χ0v) is 25.0. The van der Waals surface area contributed by atoms with Crippen LogP contribution in [0.15, 0.2) is 97.2 Å². The Hall–Kier alpha value is -4.13. The highest BCUT2D eigenvalue weighted by Gasteiger charge is 2.42. The summed E-state index contributed by atoms with van der Waals surface area (Å²) in [7, 11) is 0. The van der Waals surface area contributed by atoms with Gasteiger partial charge in [0.25, 0.3) is 0 Å². The molecule has 7 heteroatoms. The number of benzene rings is 3. The number of para-hydroxylation sites is 1. The van der Waals surface area contributed by atoms with Crippen LogP contribution in [0.4, 0.5) is 5.69 Å². The fourth-order valence-corrected chi connectivity index (χ4v) is 6.22. The van der Waals surface area contributed by atoms with E-state index in [9.17, 15) is 0 Å². The predicted octanol–water partition coefficient (Wildman–Crippen LogP) is 8.73. The Bertz CT molecular complexity index is 1730. The summed E-state index contributed by atoms with van der Waals surface area (Å²) in [6.45, 7) is 8.45. The van der Waals surface area contributed by atoms with E-state index >= 15 is 0 Å². The fraction of sp³-hybridized carbons (Fsp3) is 0.176. The quantitative estimate of drug-likeness (QED) is 0.204. The molecule has 206 valence electrons. The van der Waals surface area contributed by atoms with E-state index in [2.05, 4.69) is 65.9 Å². The highest BCUT2D eigenvalue weighted by molar-refractivity contribution is 7.80. The van der Waals surface area contributed by atoms with Crippen molar-refractivity contribution in [2.24, 2.45) is 0 Å². The van der Waals surface area contributed by atoms with Gasteiger partial charge in [0.05, 0.1) is 17.8 Å². The number of nitrogens with one attached hydrogen (secondary N) is 1. The molecule has 0 aliphatic carbocycles. The van der Waals surface area contributed by atoms with E-state index < -0.39 is 0 Å². The summed E-state index contributed by atoms with van der Waals surface area (Å²) in [5.41, 5.74) is 8.67. The van der Waals surface area contributed by atoms with Crippen LogP contribution in [0.5, 0.6) is 11.5 Å². The average Bonchev–Trinajstić information content (AvgIpc) is 3.47. The molecule has 0 unspecified atom stereocenters. The van der Waals surface area contributed by atoms with E-state index in [1.54, 1.807) is 0 Å². The van der Waals surface area contributed by atoms with Gasteiger partial charge in [0, 0.05) is 34.0 Å². The van der Waals surface area contributed by atoms with Gasteiger partial charge < -0.3 is 19.5 Å². The molecule has 3 aromatic carbocycles. The number of hydrogen-bond acceptors (Lipinski definition) is 3. The third-order valence-electron chi connectivity index (χ3n) is 7.74. The van der Waals surface area contributed by atoms with Crippen LogP contribution < -0.4 is 15.0 Å². The maximum Gasteiger partial charge on any atom is 0.174 e. The highest BCUT2D eigenvalue weighted by atomic mass is 35.5. The van der Waals surface area contributed by atoms with Gasteiger partial charge in [0.15, 0.2) is 5.11 Å². The minimum atomic E-state index is -0.138. The van der Waals surface area contributed by atoms with Crippen LogP contribution in [-0.4, -0.2) is 14.7 Å². The lowest BCUT2D eigenvalue weighted by molar-refractivity contribution is 0.479. The van der Waals surface area contributed by atoms with Gasteiger partial charge in [-0.05, 0) is 117 Å². The molecular formula is C34H31ClN4OS. The first kappa shape index (κ1) is 27.1. The van der Waals surface area contributed by atoms with Crippen LogP contribution in [0.1, 0.15) is 45.9 Å². The monoisotopic (exact) mass is 578 g/mol. The van der Waals surface area contributed by atoms with E-state index in [1.165, 1.54) is 5.56 Å². The van der Waals surface area contributed by atoms with Crippen molar-refractivity contribution in [1.29, 1.82) is 0 Å². The molecule has 41 heavy (non-hydrogen) atoms. The summed E-state index contributed by atoms with van der Waals surface area (Å²) in [6.07, 6.45) is 1.83. The number of ether oxygens (including phenoxy) is 1. The molecule has 3 heterocycles. The van der Waals surface area contributed by atoms with Crippen molar-refractivity contribution in [2.75, 3.05) is 4.90 Å². The molecule has 1 aliphatic heterocycles. The molecule has 1 aliphatic rings. The van der Waals surface area contributed by atoms with Crippen molar-refractivity contribution in [3.8, 4) is 17.2 Å². The van der Waals surface area contributed by atoms with Crippen LogP contribution in [-0.2, 0) is 0 Å². The van der Waals surface area contributed by atoms with Gasteiger partial charge in [-0.15, -0.1) is 0 Å². The van der Waals surface area contributed by atoms with Gasteiger partial charge in [-0.2, -0.15) is 0 Å². The maximum absolute atomic E-state index is 6.44. The van der Waals surface area contributed by atoms with Crippen molar-refractivity contribution in [3.05, 3.63) is 136 Å². The maximum atomic E-state index is 6.44. The number of rotatable bonds is 6. The van der Waals surface area contributed by atoms with Gasteiger partial charge >= 0.3 is 0 Å². The Morgan fingerprint density at radius 2 is 1.61 bits per heavy atom. The topological polar surface area (TPSA) is 42.3 Å². The molecule has 0 amide bonds. The van der Waals surface area contributed by atoms with Crippen molar-refractivity contribution in [1.82, 2.24) is 14.9 Å². The van der Waals surface area contributed by atoms with Gasteiger partial charge in [-0.25, -0.2) is 0 Å². The number of thiocarbonyl (C=S) groups is 1. The van der Waals surface area contributed by atoms with Gasteiger partial charge in [0.2, 0.25) is 0 Å². The lowest BCUT2D eigenvalue weighted by Crippen LogP contribution is -2.29. The second-order valence-corrected chi connectivity index (χ2v) is 11.3. The summed E-state index contributed by atoms with van der Waals surface area (Å²) in [4.78, 5) is 6.92. The molecule has 2 atom stereocenters. The summed E-state index contributed by atoms with van der Waals surface area (Å²) in [5.74, 6) is 1.61. The van der Waals surface area contributed by atoms with Crippen LogP contribution in [0.2, 0.25) is 5.02 Å². The average molecular weight is 579 g/mol. The zero-order chi connectivity index (χ0) is 28.7. The molecule has 1 N–H and O–H groups in total. The van der Waals surface area contributed by atoms with Crippen molar-refractivity contribution < 1.29 is 4.74 Å². The Morgan fingerprint density at radius 3 is 2.34 bits per heavy atom. The smallest absolute Gasteiger partial charge is 0.174 e. The highest BCUT2D eigenvalue weighted by Crippen LogP contribution is 2.44. The van der Waals surface area contributed by atoms with Gasteiger partial charge in [0.1, 0.15) is 11.5 Å². The van der Waals surface area contributed by atoms with Crippen molar-refractivity contribution >= 4 is 34.6 Å². The Kier molecular flexibility index (Phi) is 7.28. The van der Waals surface area contributed by atoms with E-state index in [-0.39, 0.29) is 12.1 Å². The molecule has 2 aromatic heterocycles. The molecular weight excluding hydrogens is 548 g/mol. The third-order valence-corrected chi connectivity index (χ3v) is 8.29. The van der Waals surface area contributed by atoms with Gasteiger partial charge in [-0.1, -0.05) is 41.9 Å². The van der Waals surface area contributed by atoms with Crippen LogP contribution in [0, 0.1) is 27.7 Å². The summed E-state index contributed by atoms with van der Waals surface area (Å²) >= 11 is 12.4. The number of aromatic nitrogens is 2. The molecule has 1 saturated heterocycles. The van der Waals surface area contributed by atoms with E-state index in [1.807, 2.05) is 73.8 Å². The first-order chi connectivity index (χ1) is 19.8. The largest absolute Gasteiger partial charge is 0.457 e. The van der Waals surface area contributed by atoms with Crippen molar-refractivity contribution in [2.45, 2.75) is 39.8 Å². The minimum absolute atomic E-state index is 0.125. The van der Waals surface area contributed by atoms with Crippen LogP contribution >= 0.6 is 23.8 Å². The van der Waals surface area contributed by atoms with Crippen LogP contribution in [0.25, 0.3) is 5.69 Å². The second-order valence-electron chi connectivity index (χ2n) is 10.5. The molecule has 0 saturated carbocycles. The zero-order valence-electron chi connectivity index (χ0n) is 23.4. The Balaban J connectivity index is 1.43. The molecule has 1 fully saturated rings. The summed E-state index contributed by atoms with van der Waals surface area (Å²) in [5, 5.41) is 4.95. The molecule has 6 rings (SSSR count). The van der Waals surface area contributed by atoms with E-state index in [0.29, 0.717) is 10.1 Å². The number of hydrogen-bond donors (Lipinski definition) is 1. The lowest BCUT2D eigenvalue weighted by Gasteiger charge is -2.28. The van der Waals surface area contributed by atoms with Gasteiger partial charge in [-0.3, -0.25) is 4.98 Å².